The fourth-order valence-electron chi connectivity index (χ4n) is 2.17. The van der Waals surface area contributed by atoms with E-state index in [2.05, 4.69) is 22.4 Å². The molecular formula is C18H25N3O3S. The van der Waals surface area contributed by atoms with Crippen LogP contribution in [0.2, 0.25) is 0 Å². The highest BCUT2D eigenvalue weighted by Crippen LogP contribution is 2.26. The lowest BCUT2D eigenvalue weighted by Gasteiger charge is -2.11. The Labute approximate surface area is 152 Å². The number of hydrogen-bond acceptors (Lipinski definition) is 6. The molecule has 0 aliphatic rings. The second-order valence-electron chi connectivity index (χ2n) is 5.48. The smallest absolute Gasteiger partial charge is 0.226 e. The Hall–Kier alpha value is -2.15. The highest BCUT2D eigenvalue weighted by Gasteiger charge is 2.09. The van der Waals surface area contributed by atoms with Crippen molar-refractivity contribution in [3.05, 3.63) is 29.3 Å². The van der Waals surface area contributed by atoms with Crippen molar-refractivity contribution in [3.8, 4) is 11.5 Å². The van der Waals surface area contributed by atoms with Crippen molar-refractivity contribution >= 4 is 22.4 Å². The minimum Gasteiger partial charge on any atom is -0.490 e. The van der Waals surface area contributed by atoms with Gasteiger partial charge in [-0.3, -0.25) is 4.79 Å². The lowest BCUT2D eigenvalue weighted by Crippen LogP contribution is -2.12. The first-order chi connectivity index (χ1) is 12.2. The molecule has 1 aromatic heterocycles. The first-order valence-electron chi connectivity index (χ1n) is 8.69. The van der Waals surface area contributed by atoms with Crippen LogP contribution in [-0.2, 0) is 11.2 Å². The Morgan fingerprint density at radius 1 is 1.12 bits per heavy atom. The van der Waals surface area contributed by atoms with E-state index in [1.807, 2.05) is 31.2 Å². The Morgan fingerprint density at radius 2 is 1.88 bits per heavy atom. The van der Waals surface area contributed by atoms with Crippen molar-refractivity contribution in [2.75, 3.05) is 18.5 Å². The molecule has 136 valence electrons. The fraction of sp³-hybridized carbons (Fsp3) is 0.500. The Morgan fingerprint density at radius 3 is 2.60 bits per heavy atom. The number of benzene rings is 1. The van der Waals surface area contributed by atoms with Crippen molar-refractivity contribution in [1.82, 2.24) is 10.2 Å². The van der Waals surface area contributed by atoms with E-state index in [4.69, 9.17) is 9.47 Å². The second-order valence-corrected chi connectivity index (χ2v) is 6.55. The third-order valence-corrected chi connectivity index (χ3v) is 4.31. The summed E-state index contributed by atoms with van der Waals surface area (Å²) in [5.41, 5.74) is 0. The molecule has 25 heavy (non-hydrogen) atoms. The summed E-state index contributed by atoms with van der Waals surface area (Å²) < 4.78 is 11.2. The molecule has 0 radical (unpaired) electrons. The number of carbonyl (C=O) groups is 1. The lowest BCUT2D eigenvalue weighted by molar-refractivity contribution is -0.116. The van der Waals surface area contributed by atoms with Gasteiger partial charge in [0.15, 0.2) is 11.5 Å². The van der Waals surface area contributed by atoms with Crippen LogP contribution in [0.15, 0.2) is 24.3 Å². The van der Waals surface area contributed by atoms with Crippen LogP contribution in [-0.4, -0.2) is 29.3 Å². The van der Waals surface area contributed by atoms with E-state index in [1.54, 1.807) is 0 Å². The summed E-state index contributed by atoms with van der Waals surface area (Å²) in [7, 11) is 0. The summed E-state index contributed by atoms with van der Waals surface area (Å²) >= 11 is 1.44. The molecule has 0 unspecified atom stereocenters. The number of anilines is 1. The van der Waals surface area contributed by atoms with E-state index >= 15 is 0 Å². The average Bonchev–Trinajstić information content (AvgIpc) is 3.05. The zero-order chi connectivity index (χ0) is 17.9. The van der Waals surface area contributed by atoms with Gasteiger partial charge in [-0.25, -0.2) is 0 Å². The number of aromatic nitrogens is 2. The number of ether oxygens (including phenoxy) is 2. The molecule has 0 bridgehead atoms. The van der Waals surface area contributed by atoms with Gasteiger partial charge in [-0.2, -0.15) is 0 Å². The lowest BCUT2D eigenvalue weighted by atomic mass is 10.3. The molecule has 1 heterocycles. The van der Waals surface area contributed by atoms with Crippen molar-refractivity contribution in [2.45, 2.75) is 46.0 Å². The first kappa shape index (κ1) is 19.2. The number of aryl methyl sites for hydroxylation is 1. The van der Waals surface area contributed by atoms with Crippen LogP contribution in [0.3, 0.4) is 0 Å². The predicted molar refractivity (Wildman–Crippen MR) is 99.5 cm³/mol. The maximum absolute atomic E-state index is 12.0. The summed E-state index contributed by atoms with van der Waals surface area (Å²) in [5, 5.41) is 12.4. The third kappa shape index (κ3) is 6.70. The topological polar surface area (TPSA) is 73.3 Å². The summed E-state index contributed by atoms with van der Waals surface area (Å²) in [6.07, 6.45) is 4.11. The highest BCUT2D eigenvalue weighted by molar-refractivity contribution is 7.15. The van der Waals surface area contributed by atoms with Crippen LogP contribution >= 0.6 is 11.3 Å². The number of nitrogens with one attached hydrogen (secondary N) is 1. The van der Waals surface area contributed by atoms with E-state index < -0.39 is 0 Å². The van der Waals surface area contributed by atoms with Crippen LogP contribution < -0.4 is 14.8 Å². The molecular weight excluding hydrogens is 338 g/mol. The maximum Gasteiger partial charge on any atom is 0.226 e. The van der Waals surface area contributed by atoms with Crippen molar-refractivity contribution in [2.24, 2.45) is 0 Å². The molecule has 0 saturated carbocycles. The van der Waals surface area contributed by atoms with Gasteiger partial charge < -0.3 is 14.8 Å². The van der Waals surface area contributed by atoms with E-state index in [-0.39, 0.29) is 5.91 Å². The number of nitrogens with zero attached hydrogens (tertiary/aromatic N) is 2. The maximum atomic E-state index is 12.0. The Kier molecular flexibility index (Phi) is 8.18. The molecule has 1 amide bonds. The van der Waals surface area contributed by atoms with Crippen LogP contribution in [0.25, 0.3) is 0 Å². The molecule has 0 aliphatic carbocycles. The standard InChI is InChI=1S/C18H25N3O3S/c1-3-5-12-17-20-21-18(25-17)19-16(22)11-8-13-24-15-10-7-6-9-14(15)23-4-2/h6-7,9-10H,3-5,8,11-13H2,1-2H3,(H,19,21,22). The van der Waals surface area contributed by atoms with Crippen LogP contribution in [0, 0.1) is 0 Å². The number of para-hydroxylation sites is 2. The summed E-state index contributed by atoms with van der Waals surface area (Å²) in [6.45, 7) is 5.11. The van der Waals surface area contributed by atoms with Gasteiger partial charge in [-0.05, 0) is 31.9 Å². The monoisotopic (exact) mass is 363 g/mol. The Balaban J connectivity index is 1.69. The van der Waals surface area contributed by atoms with Crippen LogP contribution in [0.5, 0.6) is 11.5 Å². The van der Waals surface area contributed by atoms with Gasteiger partial charge in [0.1, 0.15) is 5.01 Å². The molecule has 7 heteroatoms. The number of rotatable bonds is 11. The molecule has 2 rings (SSSR count). The number of hydrogen-bond donors (Lipinski definition) is 1. The van der Waals surface area contributed by atoms with E-state index in [0.29, 0.717) is 36.9 Å². The van der Waals surface area contributed by atoms with Crippen molar-refractivity contribution in [3.63, 3.8) is 0 Å². The van der Waals surface area contributed by atoms with Crippen LogP contribution in [0.1, 0.15) is 44.5 Å². The molecule has 0 atom stereocenters. The van der Waals surface area contributed by atoms with E-state index in [1.165, 1.54) is 11.3 Å². The largest absolute Gasteiger partial charge is 0.490 e. The predicted octanol–water partition coefficient (Wildman–Crippen LogP) is 4.08. The zero-order valence-corrected chi connectivity index (χ0v) is 15.6. The van der Waals surface area contributed by atoms with Crippen molar-refractivity contribution in [1.29, 1.82) is 0 Å². The molecule has 0 saturated heterocycles. The molecule has 0 spiro atoms. The number of unbranched alkanes of at least 4 members (excludes halogenated alkanes) is 1. The summed E-state index contributed by atoms with van der Waals surface area (Å²) in [4.78, 5) is 12.0. The fourth-order valence-corrected chi connectivity index (χ4v) is 2.97. The normalized spacial score (nSPS) is 10.5. The van der Waals surface area contributed by atoms with Gasteiger partial charge >= 0.3 is 0 Å². The third-order valence-electron chi connectivity index (χ3n) is 3.41. The molecule has 1 aromatic carbocycles. The van der Waals surface area contributed by atoms with Gasteiger partial charge in [0.25, 0.3) is 0 Å². The highest BCUT2D eigenvalue weighted by atomic mass is 32.1. The molecule has 1 N–H and O–H groups in total. The molecule has 0 fully saturated rings. The second kappa shape index (κ2) is 10.7. The molecule has 2 aromatic rings. The summed E-state index contributed by atoms with van der Waals surface area (Å²) in [6, 6.07) is 7.54. The minimum atomic E-state index is -0.0696. The van der Waals surface area contributed by atoms with Gasteiger partial charge in [-0.15, -0.1) is 10.2 Å². The first-order valence-corrected chi connectivity index (χ1v) is 9.51. The van der Waals surface area contributed by atoms with Crippen molar-refractivity contribution < 1.29 is 14.3 Å². The van der Waals surface area contributed by atoms with E-state index in [9.17, 15) is 4.79 Å². The van der Waals surface area contributed by atoms with Gasteiger partial charge in [0.2, 0.25) is 11.0 Å². The number of amides is 1. The van der Waals surface area contributed by atoms with Crippen LogP contribution in [0.4, 0.5) is 5.13 Å². The van der Waals surface area contributed by atoms with Gasteiger partial charge in [-0.1, -0.05) is 36.8 Å². The van der Waals surface area contributed by atoms with Gasteiger partial charge in [0, 0.05) is 12.8 Å². The average molecular weight is 363 g/mol. The van der Waals surface area contributed by atoms with Gasteiger partial charge in [0.05, 0.1) is 13.2 Å². The number of carbonyl (C=O) groups excluding carboxylic acids is 1. The quantitative estimate of drug-likeness (QED) is 0.609. The van der Waals surface area contributed by atoms with E-state index in [0.717, 1.165) is 30.0 Å². The Bertz CT molecular complexity index is 661. The summed E-state index contributed by atoms with van der Waals surface area (Å²) in [5.74, 6) is 1.36. The molecule has 0 aliphatic heterocycles. The SMILES string of the molecule is CCCCc1nnc(NC(=O)CCCOc2ccccc2OCC)s1. The minimum absolute atomic E-state index is 0.0696. The zero-order valence-electron chi connectivity index (χ0n) is 14.8. The molecule has 6 nitrogen and oxygen atoms in total.